The van der Waals surface area contributed by atoms with Gasteiger partial charge in [-0.2, -0.15) is 0 Å². The maximum atomic E-state index is 1.87. The van der Waals surface area contributed by atoms with E-state index in [1.807, 2.05) is 22.3 Å². The molecule has 3 aliphatic carbocycles. The average Bonchev–Trinajstić information content (AvgIpc) is 2.99. The van der Waals surface area contributed by atoms with Gasteiger partial charge in [0.05, 0.1) is 0 Å². The van der Waals surface area contributed by atoms with Crippen LogP contribution in [0.1, 0.15) is 83.5 Å². The molecule has 0 radical (unpaired) electrons. The Labute approximate surface area is 106 Å². The number of rotatable bonds is 0. The minimum absolute atomic E-state index is 1.41. The fraction of sp³-hybridized carbons (Fsp3) is 0.765. The van der Waals surface area contributed by atoms with Crippen LogP contribution in [0.2, 0.25) is 0 Å². The summed E-state index contributed by atoms with van der Waals surface area (Å²) >= 11 is 0. The smallest absolute Gasteiger partial charge is 0.0280 e. The van der Waals surface area contributed by atoms with E-state index in [-0.39, 0.29) is 0 Å². The molecule has 0 heteroatoms. The van der Waals surface area contributed by atoms with E-state index in [0.29, 0.717) is 0 Å². The number of hydrogen-bond acceptors (Lipinski definition) is 0. The third kappa shape index (κ3) is 2.67. The maximum absolute atomic E-state index is 1.87. The normalized spacial score (nSPS) is 26.8. The lowest BCUT2D eigenvalue weighted by atomic mass is 9.98. The van der Waals surface area contributed by atoms with Crippen molar-refractivity contribution in [3.63, 3.8) is 0 Å². The van der Waals surface area contributed by atoms with Crippen LogP contribution in [0.5, 0.6) is 0 Å². The third-order valence-electron chi connectivity index (χ3n) is 5.10. The van der Waals surface area contributed by atoms with E-state index in [0.717, 1.165) is 0 Å². The summed E-state index contributed by atoms with van der Waals surface area (Å²) in [5.74, 6) is 0. The van der Waals surface area contributed by atoms with Crippen molar-refractivity contribution in [2.75, 3.05) is 0 Å². The summed E-state index contributed by atoms with van der Waals surface area (Å²) in [5.41, 5.74) is 7.47. The monoisotopic (exact) mass is 230 g/mol. The van der Waals surface area contributed by atoms with E-state index < -0.39 is 0 Å². The van der Waals surface area contributed by atoms with Gasteiger partial charge in [0.15, 0.2) is 0 Å². The third-order valence-corrected chi connectivity index (χ3v) is 5.10. The summed E-state index contributed by atoms with van der Waals surface area (Å²) in [6, 6.07) is 0. The summed E-state index contributed by atoms with van der Waals surface area (Å²) in [6.45, 7) is 0. The lowest BCUT2D eigenvalue weighted by Crippen LogP contribution is -1.88. The van der Waals surface area contributed by atoms with E-state index in [4.69, 9.17) is 0 Å². The molecule has 3 saturated carbocycles. The molecule has 0 aromatic heterocycles. The second-order valence-electron chi connectivity index (χ2n) is 6.18. The topological polar surface area (TPSA) is 0 Å². The summed E-state index contributed by atoms with van der Waals surface area (Å²) in [5, 5.41) is 0. The zero-order valence-electron chi connectivity index (χ0n) is 11.2. The van der Waals surface area contributed by atoms with Gasteiger partial charge in [-0.05, 0) is 83.5 Å². The Kier molecular flexibility index (Phi) is 3.68. The summed E-state index contributed by atoms with van der Waals surface area (Å²) < 4.78 is 0. The maximum Gasteiger partial charge on any atom is -0.0280 e. The van der Waals surface area contributed by atoms with E-state index in [9.17, 15) is 0 Å². The van der Waals surface area contributed by atoms with Crippen LogP contribution >= 0.6 is 0 Å². The number of allylic oxidation sites excluding steroid dienone is 4. The SMILES string of the molecule is C1CCC(=C2CCCC(=C3CCCC3)CC2)C1. The molecule has 0 bridgehead atoms. The van der Waals surface area contributed by atoms with Crippen LogP contribution in [0, 0.1) is 0 Å². The molecule has 0 saturated heterocycles. The molecule has 17 heavy (non-hydrogen) atoms. The van der Waals surface area contributed by atoms with Gasteiger partial charge in [0, 0.05) is 0 Å². The van der Waals surface area contributed by atoms with E-state index in [1.54, 1.807) is 0 Å². The fourth-order valence-corrected chi connectivity index (χ4v) is 4.08. The molecule has 0 nitrogen and oxygen atoms in total. The lowest BCUT2D eigenvalue weighted by Gasteiger charge is -2.09. The van der Waals surface area contributed by atoms with Gasteiger partial charge in [0.25, 0.3) is 0 Å². The second kappa shape index (κ2) is 5.42. The highest BCUT2D eigenvalue weighted by atomic mass is 14.2. The Morgan fingerprint density at radius 2 is 0.588 bits per heavy atom. The van der Waals surface area contributed by atoms with Crippen molar-refractivity contribution in [3.05, 3.63) is 22.3 Å². The molecule has 0 heterocycles. The predicted octanol–water partition coefficient (Wildman–Crippen LogP) is 5.69. The Morgan fingerprint density at radius 3 is 1.00 bits per heavy atom. The fourth-order valence-electron chi connectivity index (χ4n) is 4.08. The molecule has 0 unspecified atom stereocenters. The van der Waals surface area contributed by atoms with Crippen LogP contribution in [0.25, 0.3) is 0 Å². The average molecular weight is 230 g/mol. The molecule has 0 N–H and O–H groups in total. The first-order valence-electron chi connectivity index (χ1n) is 7.83. The Hall–Kier alpha value is -0.520. The first-order valence-corrected chi connectivity index (χ1v) is 7.83. The van der Waals surface area contributed by atoms with Gasteiger partial charge in [-0.3, -0.25) is 0 Å². The highest BCUT2D eigenvalue weighted by Crippen LogP contribution is 2.38. The highest BCUT2D eigenvalue weighted by Gasteiger charge is 2.18. The van der Waals surface area contributed by atoms with Gasteiger partial charge in [0.2, 0.25) is 0 Å². The van der Waals surface area contributed by atoms with Crippen molar-refractivity contribution in [3.8, 4) is 0 Å². The zero-order valence-corrected chi connectivity index (χ0v) is 11.2. The largest absolute Gasteiger partial charge is 0.0710 e. The van der Waals surface area contributed by atoms with Crippen molar-refractivity contribution < 1.29 is 0 Å². The Morgan fingerprint density at radius 1 is 0.294 bits per heavy atom. The molecule has 0 spiro atoms. The molecule has 3 aliphatic rings. The second-order valence-corrected chi connectivity index (χ2v) is 6.18. The minimum atomic E-state index is 1.41. The molecule has 0 aromatic carbocycles. The Bertz CT molecular complexity index is 293. The van der Waals surface area contributed by atoms with Crippen molar-refractivity contribution in [2.45, 2.75) is 83.5 Å². The highest BCUT2D eigenvalue weighted by molar-refractivity contribution is 5.24. The van der Waals surface area contributed by atoms with Crippen molar-refractivity contribution in [1.82, 2.24) is 0 Å². The quantitative estimate of drug-likeness (QED) is 0.370. The molecule has 3 rings (SSSR count). The summed E-state index contributed by atoms with van der Waals surface area (Å²) in [7, 11) is 0. The number of hydrogen-bond donors (Lipinski definition) is 0. The molecule has 0 amide bonds. The van der Waals surface area contributed by atoms with Crippen LogP contribution in [-0.4, -0.2) is 0 Å². The van der Waals surface area contributed by atoms with E-state index in [2.05, 4.69) is 0 Å². The molecule has 0 aliphatic heterocycles. The standard InChI is InChI=1S/C17H26/c1-2-7-14(6-1)16-10-5-11-17(13-12-16)15-8-3-4-9-15/h1-13H2. The lowest BCUT2D eigenvalue weighted by molar-refractivity contribution is 0.806. The van der Waals surface area contributed by atoms with Gasteiger partial charge in [0.1, 0.15) is 0 Å². The zero-order chi connectivity index (χ0) is 11.5. The van der Waals surface area contributed by atoms with Gasteiger partial charge in [-0.25, -0.2) is 0 Å². The van der Waals surface area contributed by atoms with Crippen LogP contribution in [0.3, 0.4) is 0 Å². The van der Waals surface area contributed by atoms with Crippen LogP contribution in [0.4, 0.5) is 0 Å². The predicted molar refractivity (Wildman–Crippen MR) is 74.1 cm³/mol. The summed E-state index contributed by atoms with van der Waals surface area (Å²) in [4.78, 5) is 0. The molecule has 94 valence electrons. The molecule has 0 atom stereocenters. The van der Waals surface area contributed by atoms with E-state index >= 15 is 0 Å². The molecular formula is C17H26. The van der Waals surface area contributed by atoms with Gasteiger partial charge in [-0.1, -0.05) is 22.3 Å². The van der Waals surface area contributed by atoms with Crippen LogP contribution in [-0.2, 0) is 0 Å². The first kappa shape index (κ1) is 11.6. The van der Waals surface area contributed by atoms with Crippen LogP contribution in [0.15, 0.2) is 22.3 Å². The molecular weight excluding hydrogens is 204 g/mol. The molecule has 3 fully saturated rings. The van der Waals surface area contributed by atoms with Crippen molar-refractivity contribution in [1.29, 1.82) is 0 Å². The van der Waals surface area contributed by atoms with Gasteiger partial charge in [-0.15, -0.1) is 0 Å². The van der Waals surface area contributed by atoms with Crippen LogP contribution < -0.4 is 0 Å². The summed E-state index contributed by atoms with van der Waals surface area (Å²) in [6.07, 6.45) is 18.7. The van der Waals surface area contributed by atoms with Gasteiger partial charge >= 0.3 is 0 Å². The van der Waals surface area contributed by atoms with E-state index in [1.165, 1.54) is 83.5 Å². The van der Waals surface area contributed by atoms with Crippen molar-refractivity contribution in [2.24, 2.45) is 0 Å². The Balaban J connectivity index is 1.71. The first-order chi connectivity index (χ1) is 8.43. The van der Waals surface area contributed by atoms with Crippen molar-refractivity contribution >= 4 is 0 Å². The minimum Gasteiger partial charge on any atom is -0.0710 e. The molecule has 0 aromatic rings. The van der Waals surface area contributed by atoms with Gasteiger partial charge < -0.3 is 0 Å².